The van der Waals surface area contributed by atoms with Crippen LogP contribution in [-0.2, 0) is 0 Å². The lowest BCUT2D eigenvalue weighted by Gasteiger charge is -1.73. The molecular formula is C6H13N5. The van der Waals surface area contributed by atoms with Crippen molar-refractivity contribution in [2.45, 2.75) is 6.42 Å². The van der Waals surface area contributed by atoms with E-state index >= 15 is 0 Å². The van der Waals surface area contributed by atoms with Crippen LogP contribution in [0.4, 0.5) is 0 Å². The van der Waals surface area contributed by atoms with Gasteiger partial charge in [-0.1, -0.05) is 5.11 Å². The second-order valence-corrected chi connectivity index (χ2v) is 1.49. The fraction of sp³-hybridized carbons (Fsp3) is 0.667. The summed E-state index contributed by atoms with van der Waals surface area (Å²) in [6, 6.07) is 0. The molecule has 0 aliphatic carbocycles. The van der Waals surface area contributed by atoms with Gasteiger partial charge in [0.05, 0.1) is 0 Å². The van der Waals surface area contributed by atoms with Crippen molar-refractivity contribution in [3.63, 3.8) is 0 Å². The quantitative estimate of drug-likeness (QED) is 0.263. The Morgan fingerprint density at radius 3 is 2.18 bits per heavy atom. The van der Waals surface area contributed by atoms with Crippen molar-refractivity contribution in [2.24, 2.45) is 16.6 Å². The van der Waals surface area contributed by atoms with Crippen molar-refractivity contribution >= 4 is 0 Å². The Morgan fingerprint density at radius 2 is 2.09 bits per heavy atom. The van der Waals surface area contributed by atoms with Crippen LogP contribution in [0.5, 0.6) is 0 Å². The first-order valence-corrected chi connectivity index (χ1v) is 3.17. The second-order valence-electron chi connectivity index (χ2n) is 1.49. The Labute approximate surface area is 66.4 Å². The number of terminal acetylenes is 1. The predicted octanol–water partition coefficient (Wildman–Crippen LogP) is 0.224. The number of hydrogen-bond donors (Lipinski definition) is 2. The van der Waals surface area contributed by atoms with E-state index in [9.17, 15) is 0 Å². The maximum atomic E-state index is 7.60. The third kappa shape index (κ3) is 28.2. The zero-order chi connectivity index (χ0) is 8.95. The normalized spacial score (nSPS) is 6.64. The minimum absolute atomic E-state index is 0.399. The van der Waals surface area contributed by atoms with Gasteiger partial charge in [-0.15, -0.1) is 12.3 Å². The van der Waals surface area contributed by atoms with Gasteiger partial charge >= 0.3 is 0 Å². The Bertz CT molecular complexity index is 142. The smallest absolute Gasteiger partial charge is 0.0381 e. The molecule has 0 saturated carbocycles. The number of azide groups is 1. The van der Waals surface area contributed by atoms with Crippen LogP contribution in [0.1, 0.15) is 6.42 Å². The van der Waals surface area contributed by atoms with Gasteiger partial charge in [-0.25, -0.2) is 0 Å². The molecule has 0 rings (SSSR count). The monoisotopic (exact) mass is 155 g/mol. The van der Waals surface area contributed by atoms with Gasteiger partial charge in [0.1, 0.15) is 0 Å². The van der Waals surface area contributed by atoms with Gasteiger partial charge in [0.25, 0.3) is 0 Å². The summed E-state index contributed by atoms with van der Waals surface area (Å²) in [4.78, 5) is 2.47. The molecule has 0 unspecified atom stereocenters. The zero-order valence-corrected chi connectivity index (χ0v) is 6.40. The molecule has 0 atom stereocenters. The molecule has 0 amide bonds. The first-order chi connectivity index (χ1) is 5.33. The summed E-state index contributed by atoms with van der Waals surface area (Å²) < 4.78 is 0. The maximum Gasteiger partial charge on any atom is 0.0381 e. The van der Waals surface area contributed by atoms with Gasteiger partial charge in [-0.05, 0) is 12.1 Å². The molecule has 11 heavy (non-hydrogen) atoms. The average Bonchev–Trinajstić information content (AvgIpc) is 2.04. The van der Waals surface area contributed by atoms with E-state index in [1.54, 1.807) is 0 Å². The SMILES string of the molecule is C#CCCN.[N-]=[N+]=NCCN. The Morgan fingerprint density at radius 1 is 1.45 bits per heavy atom. The van der Waals surface area contributed by atoms with Crippen LogP contribution in [-0.4, -0.2) is 19.6 Å². The van der Waals surface area contributed by atoms with Crippen molar-refractivity contribution in [2.75, 3.05) is 19.6 Å². The number of rotatable bonds is 3. The van der Waals surface area contributed by atoms with E-state index in [1.165, 1.54) is 0 Å². The van der Waals surface area contributed by atoms with Crippen LogP contribution in [0.15, 0.2) is 5.11 Å². The maximum absolute atomic E-state index is 7.60. The molecule has 62 valence electrons. The summed E-state index contributed by atoms with van der Waals surface area (Å²) in [6.45, 7) is 1.44. The van der Waals surface area contributed by atoms with Gasteiger partial charge in [0, 0.05) is 24.4 Å². The first kappa shape index (κ1) is 12.5. The van der Waals surface area contributed by atoms with Crippen molar-refractivity contribution in [3.05, 3.63) is 10.4 Å². The van der Waals surface area contributed by atoms with Gasteiger partial charge < -0.3 is 11.5 Å². The van der Waals surface area contributed by atoms with Crippen LogP contribution in [0, 0.1) is 12.3 Å². The van der Waals surface area contributed by atoms with Crippen LogP contribution < -0.4 is 11.5 Å². The molecule has 0 heterocycles. The Kier molecular flexibility index (Phi) is 18.0. The van der Waals surface area contributed by atoms with Crippen molar-refractivity contribution < 1.29 is 0 Å². The highest BCUT2D eigenvalue weighted by Crippen LogP contribution is 1.61. The summed E-state index contributed by atoms with van der Waals surface area (Å²) in [5, 5.41) is 3.15. The predicted molar refractivity (Wildman–Crippen MR) is 45.6 cm³/mol. The molecule has 0 aromatic heterocycles. The molecule has 0 aliphatic rings. The third-order valence-electron chi connectivity index (χ3n) is 0.581. The fourth-order valence-corrected chi connectivity index (χ4v) is 0.186. The lowest BCUT2D eigenvalue weighted by atomic mass is 10.5. The molecule has 0 fully saturated rings. The Hall–Kier alpha value is -1.21. The zero-order valence-electron chi connectivity index (χ0n) is 6.40. The molecule has 5 nitrogen and oxygen atoms in total. The van der Waals surface area contributed by atoms with Crippen LogP contribution in [0.25, 0.3) is 10.4 Å². The van der Waals surface area contributed by atoms with E-state index in [0.29, 0.717) is 26.1 Å². The molecule has 0 aromatic rings. The minimum atomic E-state index is 0.399. The third-order valence-corrected chi connectivity index (χ3v) is 0.581. The van der Waals surface area contributed by atoms with Gasteiger partial charge in [0.2, 0.25) is 0 Å². The van der Waals surface area contributed by atoms with Crippen molar-refractivity contribution in [3.8, 4) is 12.3 Å². The summed E-state index contributed by atoms with van der Waals surface area (Å²) in [6.07, 6.45) is 5.50. The van der Waals surface area contributed by atoms with Gasteiger partial charge in [0.15, 0.2) is 0 Å². The lowest BCUT2D eigenvalue weighted by molar-refractivity contribution is 0.964. The standard InChI is InChI=1S/C4H7N.C2H6N4/c1-2-3-4-5;3-1-2-5-6-4/h1H,3-5H2;1-3H2. The fourth-order valence-electron chi connectivity index (χ4n) is 0.186. The van der Waals surface area contributed by atoms with E-state index in [-0.39, 0.29) is 0 Å². The van der Waals surface area contributed by atoms with E-state index in [1.807, 2.05) is 0 Å². The molecule has 0 saturated heterocycles. The molecule has 0 radical (unpaired) electrons. The summed E-state index contributed by atoms with van der Waals surface area (Å²) in [5.41, 5.74) is 17.5. The highest BCUT2D eigenvalue weighted by atomic mass is 15.1. The Balaban J connectivity index is 0. The van der Waals surface area contributed by atoms with E-state index in [4.69, 9.17) is 23.4 Å². The molecule has 5 heteroatoms. The van der Waals surface area contributed by atoms with Crippen LogP contribution in [0.3, 0.4) is 0 Å². The van der Waals surface area contributed by atoms with E-state index in [2.05, 4.69) is 15.9 Å². The molecule has 0 aromatic carbocycles. The number of hydrogen-bond acceptors (Lipinski definition) is 3. The second kappa shape index (κ2) is 15.9. The number of nitrogens with two attached hydrogens (primary N) is 2. The van der Waals surface area contributed by atoms with Crippen LogP contribution >= 0.6 is 0 Å². The van der Waals surface area contributed by atoms with E-state index in [0.717, 1.165) is 0 Å². The largest absolute Gasteiger partial charge is 0.330 e. The topological polar surface area (TPSA) is 101 Å². The number of nitrogens with zero attached hydrogens (tertiary/aromatic N) is 3. The molecule has 0 aliphatic heterocycles. The van der Waals surface area contributed by atoms with Gasteiger partial charge in [-0.2, -0.15) is 0 Å². The highest BCUT2D eigenvalue weighted by Gasteiger charge is 1.65. The molecule has 0 spiro atoms. The molecule has 4 N–H and O–H groups in total. The van der Waals surface area contributed by atoms with Crippen molar-refractivity contribution in [1.29, 1.82) is 0 Å². The lowest BCUT2D eigenvalue weighted by Crippen LogP contribution is -2.00. The molecule has 0 bridgehead atoms. The summed E-state index contributed by atoms with van der Waals surface area (Å²) >= 11 is 0. The first-order valence-electron chi connectivity index (χ1n) is 3.17. The van der Waals surface area contributed by atoms with Gasteiger partial charge in [-0.3, -0.25) is 0 Å². The van der Waals surface area contributed by atoms with E-state index < -0.39 is 0 Å². The molecular weight excluding hydrogens is 142 g/mol. The summed E-state index contributed by atoms with van der Waals surface area (Å²) in [7, 11) is 0. The summed E-state index contributed by atoms with van der Waals surface area (Å²) in [5.74, 6) is 2.39. The average molecular weight is 155 g/mol. The van der Waals surface area contributed by atoms with Crippen molar-refractivity contribution in [1.82, 2.24) is 0 Å². The highest BCUT2D eigenvalue weighted by molar-refractivity contribution is 4.83. The minimum Gasteiger partial charge on any atom is -0.330 e. The van der Waals surface area contributed by atoms with Crippen LogP contribution in [0.2, 0.25) is 0 Å².